The van der Waals surface area contributed by atoms with E-state index in [1.165, 1.54) is 39.8 Å². The molecular weight excluding hydrogens is 992 g/mol. The highest BCUT2D eigenvalue weighted by Crippen LogP contribution is 2.65. The highest BCUT2D eigenvalue weighted by atomic mass is 32.2. The van der Waals surface area contributed by atoms with Crippen molar-refractivity contribution in [2.24, 2.45) is 10.8 Å². The zero-order valence-corrected chi connectivity index (χ0v) is 41.1. The fourth-order valence-corrected chi connectivity index (χ4v) is 15.8. The van der Waals surface area contributed by atoms with Crippen molar-refractivity contribution in [3.8, 4) is 23.0 Å². The maximum atomic E-state index is 16.1. The van der Waals surface area contributed by atoms with Crippen molar-refractivity contribution in [2.75, 3.05) is 9.80 Å². The van der Waals surface area contributed by atoms with Gasteiger partial charge >= 0.3 is 0 Å². The quantitative estimate of drug-likeness (QED) is 0.0741. The molecule has 0 amide bonds. The number of nitrogens with zero attached hydrogens (tertiary/aromatic N) is 2. The first-order valence-corrected chi connectivity index (χ1v) is 25.0. The van der Waals surface area contributed by atoms with E-state index in [-0.39, 0.29) is 11.4 Å². The number of halogens is 10. The molecule has 0 atom stereocenters. The van der Waals surface area contributed by atoms with E-state index in [0.717, 1.165) is 25.1 Å². The normalized spacial score (nSPS) is 19.2. The summed E-state index contributed by atoms with van der Waals surface area (Å²) in [6.45, 7) is 14.5. The molecule has 71 heavy (non-hydrogen) atoms. The summed E-state index contributed by atoms with van der Waals surface area (Å²) in [7, 11) is 0. The number of thiophene rings is 1. The van der Waals surface area contributed by atoms with Crippen LogP contribution in [0.5, 0.6) is 23.0 Å². The molecule has 358 valence electrons. The highest BCUT2D eigenvalue weighted by Gasteiger charge is 2.60. The second-order valence-electron chi connectivity index (χ2n) is 20.7. The van der Waals surface area contributed by atoms with Crippen LogP contribution in [0.3, 0.4) is 0 Å². The average molecular weight is 1030 g/mol. The first kappa shape index (κ1) is 45.2. The Kier molecular flexibility index (Phi) is 8.98. The summed E-state index contributed by atoms with van der Waals surface area (Å²) in [4.78, 5) is 2.99. The van der Waals surface area contributed by atoms with E-state index in [9.17, 15) is 8.78 Å². The molecule has 1 aromatic heterocycles. The lowest BCUT2D eigenvalue weighted by molar-refractivity contribution is 0.347. The van der Waals surface area contributed by atoms with Crippen molar-refractivity contribution in [2.45, 2.75) is 64.9 Å². The van der Waals surface area contributed by atoms with Gasteiger partial charge in [-0.3, -0.25) is 0 Å². The highest BCUT2D eigenvalue weighted by molar-refractivity contribution is 8.07. The lowest BCUT2D eigenvalue weighted by Gasteiger charge is -2.44. The van der Waals surface area contributed by atoms with Crippen molar-refractivity contribution >= 4 is 113 Å². The molecule has 0 spiro atoms. The average Bonchev–Trinajstić information content (AvgIpc) is 3.83. The smallest absolute Gasteiger partial charge is 0.263 e. The van der Waals surface area contributed by atoms with Gasteiger partial charge in [0.05, 0.1) is 5.03 Å². The fraction of sp³-hybridized carbons (Fsp3) is 0.231. The number of anilines is 4. The van der Waals surface area contributed by atoms with E-state index in [4.69, 9.17) is 9.47 Å². The van der Waals surface area contributed by atoms with Gasteiger partial charge in [-0.05, 0) is 96.2 Å². The molecule has 4 nitrogen and oxygen atoms in total. The van der Waals surface area contributed by atoms with Crippen LogP contribution in [-0.4, -0.2) is 22.9 Å². The largest absolute Gasteiger partial charge is 0.458 e. The summed E-state index contributed by atoms with van der Waals surface area (Å²) in [6, 6.07) is 17.8. The standard InChI is InChI=1S/C52H34B2F10N2O2S3/c1-49(2)45-48(71-51(49,5)6)66(44-41(63)37(59)34(56)38(60)42(44)64)24-12-10-13-25-31(24)53(45)21-15-19-20-16-22-28(18-30(20)69-29(19)17-27(21)67-25)68-26-14-9-11-23-32(26)54(22)47-46(50(3,4)52(7,8)70-47)65(23)43-39(61)35(57)33(55)36(58)40(43)62/h9-18H,1-8H3. The van der Waals surface area contributed by atoms with E-state index in [0.29, 0.717) is 65.9 Å². The topological polar surface area (TPSA) is 24.9 Å². The third kappa shape index (κ3) is 5.44. The van der Waals surface area contributed by atoms with Crippen molar-refractivity contribution < 1.29 is 53.4 Å². The van der Waals surface area contributed by atoms with Gasteiger partial charge in [0.15, 0.2) is 46.5 Å². The molecule has 6 aromatic carbocycles. The third-order valence-corrected chi connectivity index (χ3v) is 20.6. The molecule has 0 unspecified atom stereocenters. The predicted octanol–water partition coefficient (Wildman–Crippen LogP) is 13.8. The second kappa shape index (κ2) is 14.1. The summed E-state index contributed by atoms with van der Waals surface area (Å²) < 4.78 is 168. The number of fused-ring (bicyclic) bond motifs is 9. The first-order chi connectivity index (χ1) is 33.4. The van der Waals surface area contributed by atoms with Crippen LogP contribution in [0, 0.1) is 69.0 Å². The first-order valence-electron chi connectivity index (χ1n) is 22.6. The minimum Gasteiger partial charge on any atom is -0.458 e. The summed E-state index contributed by atoms with van der Waals surface area (Å²) in [5.41, 5.74) is 0.0526. The minimum atomic E-state index is -2.26. The maximum Gasteiger partial charge on any atom is 0.263 e. The van der Waals surface area contributed by atoms with E-state index >= 15 is 35.1 Å². The van der Waals surface area contributed by atoms with Gasteiger partial charge in [0, 0.05) is 52.2 Å². The Morgan fingerprint density at radius 3 is 1.39 bits per heavy atom. The van der Waals surface area contributed by atoms with E-state index in [1.54, 1.807) is 36.4 Å². The number of ether oxygens (including phenoxy) is 2. The van der Waals surface area contributed by atoms with Crippen LogP contribution in [0.15, 0.2) is 81.7 Å². The minimum absolute atomic E-state index is 0.193. The van der Waals surface area contributed by atoms with Crippen LogP contribution in [0.2, 0.25) is 0 Å². The summed E-state index contributed by atoms with van der Waals surface area (Å²) in [5, 5.41) is 1.97. The third-order valence-electron chi connectivity index (χ3n) is 16.2. The molecule has 0 saturated heterocycles. The Morgan fingerprint density at radius 1 is 0.465 bits per heavy atom. The molecule has 0 fully saturated rings. The molecule has 0 saturated carbocycles. The Morgan fingerprint density at radius 2 is 0.887 bits per heavy atom. The number of hydrogen-bond acceptors (Lipinski definition) is 7. The van der Waals surface area contributed by atoms with Crippen LogP contribution in [0.25, 0.3) is 20.2 Å². The SMILES string of the molecule is CC1(C)SC2=C(B3c4cc5c(cc4Oc4cccc(c43)N2c2c(F)c(F)c(F)c(F)c2F)sc2cc3c(cc25)B2C4=C(N(c5c(F)c(F)c(F)c(F)c5F)c5cccc(c52)O3)C(C)(C)C(C)(C)S4)C1(C)C. The van der Waals surface area contributed by atoms with Gasteiger partial charge in [0.2, 0.25) is 11.6 Å². The molecule has 13 rings (SSSR count). The Hall–Kier alpha value is -5.65. The number of thioether (sulfide) groups is 2. The summed E-state index contributed by atoms with van der Waals surface area (Å²) in [6.07, 6.45) is 0. The lowest BCUT2D eigenvalue weighted by Crippen LogP contribution is -2.56. The molecule has 7 heterocycles. The van der Waals surface area contributed by atoms with Crippen molar-refractivity contribution in [3.63, 3.8) is 0 Å². The molecule has 6 aliphatic rings. The Labute approximate surface area is 412 Å². The maximum absolute atomic E-state index is 16.1. The van der Waals surface area contributed by atoms with Crippen LogP contribution >= 0.6 is 34.9 Å². The van der Waals surface area contributed by atoms with Crippen molar-refractivity contribution in [1.82, 2.24) is 0 Å². The molecular formula is C52H34B2F10N2O2S3. The molecule has 19 heteroatoms. The van der Waals surface area contributed by atoms with Crippen LogP contribution in [-0.2, 0) is 0 Å². The van der Waals surface area contributed by atoms with E-state index in [1.807, 2.05) is 79.7 Å². The molecule has 0 N–H and O–H groups in total. The Bertz CT molecular complexity index is 3740. The predicted molar refractivity (Wildman–Crippen MR) is 264 cm³/mol. The zero-order valence-electron chi connectivity index (χ0n) is 38.6. The van der Waals surface area contributed by atoms with Gasteiger partial charge < -0.3 is 19.3 Å². The number of benzene rings is 6. The summed E-state index contributed by atoms with van der Waals surface area (Å²) in [5.74, 6) is -18.9. The monoisotopic (exact) mass is 1030 g/mol. The Balaban J connectivity index is 1.04. The van der Waals surface area contributed by atoms with E-state index in [2.05, 4.69) is 0 Å². The van der Waals surface area contributed by atoms with Crippen LogP contribution < -0.4 is 41.1 Å². The number of allylic oxidation sites excluding steroid dienone is 2. The molecule has 6 aliphatic heterocycles. The zero-order chi connectivity index (χ0) is 50.2. The van der Waals surface area contributed by atoms with Gasteiger partial charge in [-0.2, -0.15) is 0 Å². The lowest BCUT2D eigenvalue weighted by atomic mass is 9.30. The second-order valence-corrected chi connectivity index (χ2v) is 25.1. The van der Waals surface area contributed by atoms with Gasteiger partial charge in [-0.15, -0.1) is 34.9 Å². The molecule has 0 radical (unpaired) electrons. The van der Waals surface area contributed by atoms with Gasteiger partial charge in [0.25, 0.3) is 13.4 Å². The summed E-state index contributed by atoms with van der Waals surface area (Å²) >= 11 is 4.26. The van der Waals surface area contributed by atoms with Crippen molar-refractivity contribution in [3.05, 3.63) is 140 Å². The number of hydrogen-bond donors (Lipinski definition) is 0. The van der Waals surface area contributed by atoms with Gasteiger partial charge in [0.1, 0.15) is 34.4 Å². The molecule has 0 bridgehead atoms. The molecule has 0 aliphatic carbocycles. The van der Waals surface area contributed by atoms with Crippen LogP contribution in [0.4, 0.5) is 66.7 Å². The van der Waals surface area contributed by atoms with Crippen molar-refractivity contribution in [1.29, 1.82) is 0 Å². The van der Waals surface area contributed by atoms with E-state index < -0.39 is 103 Å². The molecule has 7 aromatic rings. The van der Waals surface area contributed by atoms with Crippen LogP contribution in [0.1, 0.15) is 55.4 Å². The fourth-order valence-electron chi connectivity index (χ4n) is 11.4. The van der Waals surface area contributed by atoms with Gasteiger partial charge in [-0.25, -0.2) is 43.9 Å². The van der Waals surface area contributed by atoms with Gasteiger partial charge in [-0.1, -0.05) is 57.4 Å². The number of rotatable bonds is 2.